The number of ether oxygens (including phenoxy) is 1. The molecule has 11 heteroatoms. The van der Waals surface area contributed by atoms with Crippen molar-refractivity contribution in [1.82, 2.24) is 24.6 Å². The topological polar surface area (TPSA) is 127 Å². The zero-order valence-electron chi connectivity index (χ0n) is 20.7. The van der Waals surface area contributed by atoms with Crippen molar-refractivity contribution in [2.45, 2.75) is 45.1 Å². The minimum absolute atomic E-state index is 0.0186. The lowest BCUT2D eigenvalue weighted by Gasteiger charge is -2.28. The molecule has 194 valence electrons. The van der Waals surface area contributed by atoms with Crippen LogP contribution in [-0.2, 0) is 14.8 Å². The molecule has 4 rings (SSSR count). The van der Waals surface area contributed by atoms with Crippen LogP contribution in [0.4, 0.5) is 5.95 Å². The van der Waals surface area contributed by atoms with E-state index in [2.05, 4.69) is 20.3 Å². The van der Waals surface area contributed by atoms with Gasteiger partial charge < -0.3 is 19.9 Å². The van der Waals surface area contributed by atoms with Crippen molar-refractivity contribution in [3.8, 4) is 11.6 Å². The van der Waals surface area contributed by atoms with Gasteiger partial charge in [-0.2, -0.15) is 4.98 Å². The Morgan fingerprint density at radius 2 is 1.97 bits per heavy atom. The van der Waals surface area contributed by atoms with Gasteiger partial charge in [0, 0.05) is 36.3 Å². The van der Waals surface area contributed by atoms with Gasteiger partial charge in [-0.1, -0.05) is 6.07 Å². The first-order valence-electron chi connectivity index (χ1n) is 12.4. The molecule has 10 nitrogen and oxygen atoms in total. The number of sulfonamides is 1. The number of carbonyl (C=O) groups excluding carboxylic acids is 1. The third-order valence-electron chi connectivity index (χ3n) is 6.49. The standard InChI is InChI=1S/C25H34N6O4S/c1-3-27-24(32)18-8-10-19(11-9-18)29-25-28-14-12-23(30-25)31-15-13-20-21(31)6-4-7-22(20)35-16-5-17-36(33,34)26-2/h4,6-7,12-15,18-19,26H,3,5,8-11,16-17H2,1-2H3,(H,27,32)(H,28,29,30). The fourth-order valence-electron chi connectivity index (χ4n) is 4.55. The summed E-state index contributed by atoms with van der Waals surface area (Å²) in [6.07, 6.45) is 7.58. The van der Waals surface area contributed by atoms with Crippen molar-refractivity contribution >= 4 is 32.8 Å². The van der Waals surface area contributed by atoms with Gasteiger partial charge in [-0.25, -0.2) is 18.1 Å². The number of aromatic nitrogens is 3. The van der Waals surface area contributed by atoms with Crippen LogP contribution < -0.4 is 20.1 Å². The number of rotatable bonds is 11. The van der Waals surface area contributed by atoms with E-state index in [9.17, 15) is 13.2 Å². The SMILES string of the molecule is CCNC(=O)C1CCC(Nc2nccc(-n3ccc4c(OCCCS(=O)(=O)NC)cccc43)n2)CC1. The lowest BCUT2D eigenvalue weighted by molar-refractivity contribution is -0.125. The van der Waals surface area contributed by atoms with Crippen molar-refractivity contribution in [3.05, 3.63) is 42.7 Å². The Balaban J connectivity index is 1.41. The predicted octanol–water partition coefficient (Wildman–Crippen LogP) is 2.85. The van der Waals surface area contributed by atoms with Crippen molar-refractivity contribution in [1.29, 1.82) is 0 Å². The first kappa shape index (κ1) is 25.9. The van der Waals surface area contributed by atoms with E-state index in [0.29, 0.717) is 31.3 Å². The van der Waals surface area contributed by atoms with Crippen LogP contribution in [-0.4, -0.2) is 60.9 Å². The maximum absolute atomic E-state index is 12.1. The Hall–Kier alpha value is -3.18. The molecular formula is C25H34N6O4S. The third-order valence-corrected chi connectivity index (χ3v) is 7.94. The second kappa shape index (κ2) is 11.7. The summed E-state index contributed by atoms with van der Waals surface area (Å²) in [7, 11) is -1.84. The molecule has 0 saturated heterocycles. The molecule has 3 aromatic rings. The Bertz CT molecular complexity index is 1280. The van der Waals surface area contributed by atoms with Gasteiger partial charge in [0.1, 0.15) is 11.6 Å². The molecule has 36 heavy (non-hydrogen) atoms. The zero-order chi connectivity index (χ0) is 25.5. The monoisotopic (exact) mass is 514 g/mol. The fraction of sp³-hybridized carbons (Fsp3) is 0.480. The molecule has 3 N–H and O–H groups in total. The minimum Gasteiger partial charge on any atom is -0.493 e. The van der Waals surface area contributed by atoms with Crippen LogP contribution in [0.15, 0.2) is 42.7 Å². The summed E-state index contributed by atoms with van der Waals surface area (Å²) >= 11 is 0. The van der Waals surface area contributed by atoms with Gasteiger partial charge in [-0.3, -0.25) is 4.79 Å². The molecule has 0 radical (unpaired) electrons. The van der Waals surface area contributed by atoms with Gasteiger partial charge in [0.2, 0.25) is 21.9 Å². The summed E-state index contributed by atoms with van der Waals surface area (Å²) in [4.78, 5) is 21.2. The van der Waals surface area contributed by atoms with E-state index >= 15 is 0 Å². The van der Waals surface area contributed by atoms with Gasteiger partial charge in [-0.15, -0.1) is 0 Å². The number of amides is 1. The average molecular weight is 515 g/mol. The normalized spacial score (nSPS) is 18.2. The molecule has 1 aliphatic carbocycles. The lowest BCUT2D eigenvalue weighted by Crippen LogP contribution is -2.36. The van der Waals surface area contributed by atoms with E-state index < -0.39 is 10.0 Å². The molecule has 1 amide bonds. The quantitative estimate of drug-likeness (QED) is 0.336. The largest absolute Gasteiger partial charge is 0.493 e. The Morgan fingerprint density at radius 3 is 2.72 bits per heavy atom. The van der Waals surface area contributed by atoms with Crippen LogP contribution in [0.3, 0.4) is 0 Å². The highest BCUT2D eigenvalue weighted by Gasteiger charge is 2.26. The minimum atomic E-state index is -3.24. The highest BCUT2D eigenvalue weighted by atomic mass is 32.2. The number of benzene rings is 1. The molecule has 2 heterocycles. The Kier molecular flexibility index (Phi) is 8.42. The molecule has 0 unspecified atom stereocenters. The van der Waals surface area contributed by atoms with Crippen LogP contribution in [0, 0.1) is 5.92 Å². The molecule has 0 spiro atoms. The first-order valence-corrected chi connectivity index (χ1v) is 14.1. The lowest BCUT2D eigenvalue weighted by atomic mass is 9.85. The molecule has 1 aromatic carbocycles. The Morgan fingerprint density at radius 1 is 1.17 bits per heavy atom. The highest BCUT2D eigenvalue weighted by molar-refractivity contribution is 7.89. The van der Waals surface area contributed by atoms with E-state index in [1.165, 1.54) is 7.05 Å². The van der Waals surface area contributed by atoms with Crippen LogP contribution in [0.1, 0.15) is 39.0 Å². The van der Waals surface area contributed by atoms with Crippen molar-refractivity contribution in [2.24, 2.45) is 5.92 Å². The molecule has 0 aliphatic heterocycles. The molecule has 0 atom stereocenters. The second-order valence-corrected chi connectivity index (χ2v) is 11.0. The molecule has 0 bridgehead atoms. The third kappa shape index (κ3) is 6.33. The fourth-order valence-corrected chi connectivity index (χ4v) is 5.25. The molecular weight excluding hydrogens is 480 g/mol. The first-order chi connectivity index (χ1) is 17.4. The second-order valence-electron chi connectivity index (χ2n) is 8.93. The number of fused-ring (bicyclic) bond motifs is 1. The van der Waals surface area contributed by atoms with E-state index in [0.717, 1.165) is 42.4 Å². The van der Waals surface area contributed by atoms with Gasteiger partial charge in [-0.05, 0) is 70.3 Å². The van der Waals surface area contributed by atoms with Gasteiger partial charge in [0.25, 0.3) is 0 Å². The van der Waals surface area contributed by atoms with E-state index in [4.69, 9.17) is 9.72 Å². The zero-order valence-corrected chi connectivity index (χ0v) is 21.6. The maximum Gasteiger partial charge on any atom is 0.224 e. The summed E-state index contributed by atoms with van der Waals surface area (Å²) in [5.41, 5.74) is 0.933. The molecule has 1 saturated carbocycles. The van der Waals surface area contributed by atoms with E-state index in [1.807, 2.05) is 48.0 Å². The number of carbonyl (C=O) groups is 1. The smallest absolute Gasteiger partial charge is 0.224 e. The summed E-state index contributed by atoms with van der Waals surface area (Å²) in [5.74, 6) is 2.25. The van der Waals surface area contributed by atoms with Crippen molar-refractivity contribution in [2.75, 3.05) is 31.3 Å². The van der Waals surface area contributed by atoms with Gasteiger partial charge >= 0.3 is 0 Å². The van der Waals surface area contributed by atoms with Crippen LogP contribution in [0.25, 0.3) is 16.7 Å². The van der Waals surface area contributed by atoms with Crippen LogP contribution >= 0.6 is 0 Å². The van der Waals surface area contributed by atoms with Crippen molar-refractivity contribution in [3.63, 3.8) is 0 Å². The number of hydrogen-bond acceptors (Lipinski definition) is 7. The summed E-state index contributed by atoms with van der Waals surface area (Å²) in [5, 5.41) is 7.28. The van der Waals surface area contributed by atoms with E-state index in [-0.39, 0.29) is 23.6 Å². The number of hydrogen-bond donors (Lipinski definition) is 3. The summed E-state index contributed by atoms with van der Waals surface area (Å²) in [6.45, 7) is 2.91. The maximum atomic E-state index is 12.1. The number of nitrogens with zero attached hydrogens (tertiary/aromatic N) is 3. The van der Waals surface area contributed by atoms with Gasteiger partial charge in [0.15, 0.2) is 0 Å². The molecule has 2 aromatic heterocycles. The van der Waals surface area contributed by atoms with E-state index in [1.54, 1.807) is 6.20 Å². The van der Waals surface area contributed by atoms with Crippen molar-refractivity contribution < 1.29 is 17.9 Å². The predicted molar refractivity (Wildman–Crippen MR) is 140 cm³/mol. The molecule has 1 aliphatic rings. The van der Waals surface area contributed by atoms with Crippen LogP contribution in [0.5, 0.6) is 5.75 Å². The average Bonchev–Trinajstić information content (AvgIpc) is 3.32. The van der Waals surface area contributed by atoms with Gasteiger partial charge in [0.05, 0.1) is 17.9 Å². The number of anilines is 1. The summed E-state index contributed by atoms with van der Waals surface area (Å²) < 4.78 is 33.4. The summed E-state index contributed by atoms with van der Waals surface area (Å²) in [6, 6.07) is 9.83. The Labute approximate surface area is 211 Å². The van der Waals surface area contributed by atoms with Crippen LogP contribution in [0.2, 0.25) is 0 Å². The molecule has 1 fully saturated rings. The number of nitrogens with one attached hydrogen (secondary N) is 3. The highest BCUT2D eigenvalue weighted by Crippen LogP contribution is 2.29.